The van der Waals surface area contributed by atoms with E-state index in [0.717, 1.165) is 23.5 Å². The molecule has 3 aromatic rings. The van der Waals surface area contributed by atoms with E-state index in [1.54, 1.807) is 0 Å². The molecule has 1 amide bonds. The SMILES string of the molecule is O=C(Cn1c(=O)oc2cc([N+](=O)[O-])ccc21)Nc1ccc(S(=O)(=O)C2CCCC2)cc1. The Morgan fingerprint density at radius 2 is 1.84 bits per heavy atom. The number of non-ortho nitro benzene ring substituents is 1. The van der Waals surface area contributed by atoms with E-state index in [0.29, 0.717) is 18.5 Å². The summed E-state index contributed by atoms with van der Waals surface area (Å²) in [5.41, 5.74) is 0.412. The molecule has 1 N–H and O–H groups in total. The van der Waals surface area contributed by atoms with Crippen LogP contribution in [-0.2, 0) is 21.2 Å². The fourth-order valence-electron chi connectivity index (χ4n) is 3.78. The molecule has 11 heteroatoms. The van der Waals surface area contributed by atoms with Gasteiger partial charge in [0, 0.05) is 11.8 Å². The van der Waals surface area contributed by atoms with Crippen molar-refractivity contribution < 1.29 is 22.6 Å². The minimum Gasteiger partial charge on any atom is -0.407 e. The first-order chi connectivity index (χ1) is 14.8. The van der Waals surface area contributed by atoms with E-state index in [4.69, 9.17) is 4.42 Å². The van der Waals surface area contributed by atoms with Crippen molar-refractivity contribution in [3.63, 3.8) is 0 Å². The fraction of sp³-hybridized carbons (Fsp3) is 0.300. The second kappa shape index (κ2) is 7.99. The van der Waals surface area contributed by atoms with Crippen LogP contribution in [-0.4, -0.2) is 29.1 Å². The summed E-state index contributed by atoms with van der Waals surface area (Å²) in [6.45, 7) is -0.369. The Bertz CT molecular complexity index is 1320. The van der Waals surface area contributed by atoms with Gasteiger partial charge in [-0.3, -0.25) is 19.5 Å². The molecule has 1 aliphatic rings. The summed E-state index contributed by atoms with van der Waals surface area (Å²) < 4.78 is 31.3. The molecular formula is C20H19N3O7S. The molecule has 31 heavy (non-hydrogen) atoms. The quantitative estimate of drug-likeness (QED) is 0.454. The molecule has 0 unspecified atom stereocenters. The third kappa shape index (κ3) is 4.08. The molecule has 0 atom stereocenters. The largest absolute Gasteiger partial charge is 0.420 e. The number of carbonyl (C=O) groups is 1. The van der Waals surface area contributed by atoms with E-state index in [-0.39, 0.29) is 33.5 Å². The highest BCUT2D eigenvalue weighted by atomic mass is 32.2. The van der Waals surface area contributed by atoms with Crippen molar-refractivity contribution in [3.8, 4) is 0 Å². The lowest BCUT2D eigenvalue weighted by Gasteiger charge is -2.12. The number of carbonyl (C=O) groups excluding carboxylic acids is 1. The molecule has 1 aliphatic carbocycles. The van der Waals surface area contributed by atoms with Gasteiger partial charge in [0.2, 0.25) is 5.91 Å². The van der Waals surface area contributed by atoms with Crippen LogP contribution in [0.15, 0.2) is 56.6 Å². The number of nitro groups is 1. The summed E-state index contributed by atoms with van der Waals surface area (Å²) in [6, 6.07) is 9.60. The van der Waals surface area contributed by atoms with Crippen LogP contribution in [0.25, 0.3) is 11.1 Å². The molecular weight excluding hydrogens is 426 g/mol. The number of nitrogens with one attached hydrogen (secondary N) is 1. The third-order valence-electron chi connectivity index (χ3n) is 5.37. The number of nitro benzene ring substituents is 1. The maximum absolute atomic E-state index is 12.6. The highest BCUT2D eigenvalue weighted by Crippen LogP contribution is 2.30. The Hall–Kier alpha value is -3.47. The summed E-state index contributed by atoms with van der Waals surface area (Å²) in [5.74, 6) is -1.35. The van der Waals surface area contributed by atoms with Crippen LogP contribution >= 0.6 is 0 Å². The van der Waals surface area contributed by atoms with Crippen LogP contribution in [0.3, 0.4) is 0 Å². The number of sulfone groups is 1. The lowest BCUT2D eigenvalue weighted by molar-refractivity contribution is -0.384. The predicted molar refractivity (Wildman–Crippen MR) is 112 cm³/mol. The minimum atomic E-state index is -3.38. The first-order valence-corrected chi connectivity index (χ1v) is 11.2. The van der Waals surface area contributed by atoms with Gasteiger partial charge < -0.3 is 9.73 Å². The molecule has 2 aromatic carbocycles. The fourth-order valence-corrected chi connectivity index (χ4v) is 5.64. The molecule has 1 aromatic heterocycles. The Morgan fingerprint density at radius 1 is 1.16 bits per heavy atom. The first-order valence-electron chi connectivity index (χ1n) is 9.67. The Kier molecular flexibility index (Phi) is 5.36. The molecule has 0 spiro atoms. The van der Waals surface area contributed by atoms with Crippen molar-refractivity contribution in [1.82, 2.24) is 4.57 Å². The average molecular weight is 445 g/mol. The summed E-state index contributed by atoms with van der Waals surface area (Å²) in [6.07, 6.45) is 3.15. The van der Waals surface area contributed by atoms with Gasteiger partial charge >= 0.3 is 5.76 Å². The molecule has 0 bridgehead atoms. The number of oxazole rings is 1. The summed E-state index contributed by atoms with van der Waals surface area (Å²) in [4.78, 5) is 34.9. The van der Waals surface area contributed by atoms with E-state index >= 15 is 0 Å². The lowest BCUT2D eigenvalue weighted by Crippen LogP contribution is -2.24. The molecule has 0 aliphatic heterocycles. The summed E-state index contributed by atoms with van der Waals surface area (Å²) in [7, 11) is -3.38. The van der Waals surface area contributed by atoms with Gasteiger partial charge in [-0.1, -0.05) is 12.8 Å². The van der Waals surface area contributed by atoms with Gasteiger partial charge in [0.15, 0.2) is 15.4 Å². The number of hydrogen-bond donors (Lipinski definition) is 1. The van der Waals surface area contributed by atoms with Crippen LogP contribution < -0.4 is 11.1 Å². The summed E-state index contributed by atoms with van der Waals surface area (Å²) >= 11 is 0. The van der Waals surface area contributed by atoms with Gasteiger partial charge in [0.1, 0.15) is 6.54 Å². The molecule has 10 nitrogen and oxygen atoms in total. The van der Waals surface area contributed by atoms with E-state index in [1.165, 1.54) is 36.4 Å². The molecule has 162 valence electrons. The topological polar surface area (TPSA) is 142 Å². The van der Waals surface area contributed by atoms with Crippen LogP contribution in [0.1, 0.15) is 25.7 Å². The second-order valence-electron chi connectivity index (χ2n) is 7.39. The standard InChI is InChI=1S/C20H19N3O7S/c24-19(12-22-17-10-7-14(23(26)27)11-18(17)30-20(22)25)21-13-5-8-16(9-6-13)31(28,29)15-3-1-2-4-15/h5-11,15H,1-4,12H2,(H,21,24). The number of benzene rings is 2. The highest BCUT2D eigenvalue weighted by molar-refractivity contribution is 7.92. The zero-order valence-electron chi connectivity index (χ0n) is 16.3. The molecule has 4 rings (SSSR count). The highest BCUT2D eigenvalue weighted by Gasteiger charge is 2.30. The molecule has 1 heterocycles. The molecule has 1 fully saturated rings. The van der Waals surface area contributed by atoms with Crippen molar-refractivity contribution in [2.24, 2.45) is 0 Å². The predicted octanol–water partition coefficient (Wildman–Crippen LogP) is 2.86. The first kappa shape index (κ1) is 20.8. The number of amides is 1. The van der Waals surface area contributed by atoms with Gasteiger partial charge in [-0.15, -0.1) is 0 Å². The average Bonchev–Trinajstić information content (AvgIpc) is 3.37. The number of rotatable bonds is 6. The molecule has 0 radical (unpaired) electrons. The van der Waals surface area contributed by atoms with Gasteiger partial charge in [0.05, 0.1) is 26.7 Å². The zero-order valence-corrected chi connectivity index (χ0v) is 17.1. The van der Waals surface area contributed by atoms with E-state index in [1.807, 2.05) is 0 Å². The van der Waals surface area contributed by atoms with Crippen LogP contribution in [0.2, 0.25) is 0 Å². The van der Waals surface area contributed by atoms with Crippen molar-refractivity contribution in [2.45, 2.75) is 42.4 Å². The number of aromatic nitrogens is 1. The monoisotopic (exact) mass is 445 g/mol. The van der Waals surface area contributed by atoms with Crippen LogP contribution in [0.4, 0.5) is 11.4 Å². The Labute approximate surface area is 176 Å². The third-order valence-corrected chi connectivity index (χ3v) is 7.65. The van der Waals surface area contributed by atoms with E-state index < -0.39 is 26.4 Å². The lowest BCUT2D eigenvalue weighted by atomic mass is 10.3. The smallest absolute Gasteiger partial charge is 0.407 e. The second-order valence-corrected chi connectivity index (χ2v) is 9.62. The van der Waals surface area contributed by atoms with Gasteiger partial charge in [0.25, 0.3) is 5.69 Å². The number of hydrogen-bond acceptors (Lipinski definition) is 7. The van der Waals surface area contributed by atoms with Crippen LogP contribution in [0, 0.1) is 10.1 Å². The van der Waals surface area contributed by atoms with Gasteiger partial charge in [-0.05, 0) is 43.2 Å². The van der Waals surface area contributed by atoms with E-state index in [9.17, 15) is 28.1 Å². The number of nitrogens with zero attached hydrogens (tertiary/aromatic N) is 2. The van der Waals surface area contributed by atoms with Gasteiger partial charge in [-0.25, -0.2) is 13.2 Å². The minimum absolute atomic E-state index is 0.00784. The normalized spacial score (nSPS) is 14.7. The zero-order chi connectivity index (χ0) is 22.2. The number of anilines is 1. The number of fused-ring (bicyclic) bond motifs is 1. The molecule has 0 saturated heterocycles. The molecule has 1 saturated carbocycles. The van der Waals surface area contributed by atoms with Crippen molar-refractivity contribution in [2.75, 3.05) is 5.32 Å². The van der Waals surface area contributed by atoms with E-state index in [2.05, 4.69) is 5.32 Å². The maximum atomic E-state index is 12.6. The van der Waals surface area contributed by atoms with Gasteiger partial charge in [-0.2, -0.15) is 0 Å². The Balaban J connectivity index is 1.48. The summed E-state index contributed by atoms with van der Waals surface area (Å²) in [5, 5.41) is 13.1. The van der Waals surface area contributed by atoms with Crippen LogP contribution in [0.5, 0.6) is 0 Å². The van der Waals surface area contributed by atoms with Crippen molar-refractivity contribution in [3.05, 3.63) is 63.1 Å². The Morgan fingerprint density at radius 3 is 2.48 bits per heavy atom. The van der Waals surface area contributed by atoms with Crippen molar-refractivity contribution in [1.29, 1.82) is 0 Å². The van der Waals surface area contributed by atoms with Crippen molar-refractivity contribution >= 4 is 38.2 Å². The maximum Gasteiger partial charge on any atom is 0.420 e.